The minimum atomic E-state index is -0.993. The van der Waals surface area contributed by atoms with Gasteiger partial charge in [-0.05, 0) is 73.8 Å². The second-order valence-corrected chi connectivity index (χ2v) is 7.87. The van der Waals surface area contributed by atoms with Gasteiger partial charge in [-0.2, -0.15) is 0 Å². The minimum Gasteiger partial charge on any atom is -0.465 e. The summed E-state index contributed by atoms with van der Waals surface area (Å²) in [5.74, 6) is -0.729. The molecule has 2 aliphatic rings. The molecular weight excluding hydrogens is 384 g/mol. The molecule has 0 bridgehead atoms. The van der Waals surface area contributed by atoms with Crippen molar-refractivity contribution < 1.29 is 24.2 Å². The van der Waals surface area contributed by atoms with Crippen LogP contribution in [0.1, 0.15) is 68.0 Å². The van der Waals surface area contributed by atoms with E-state index in [0.29, 0.717) is 22.4 Å². The first kappa shape index (κ1) is 20.4. The van der Waals surface area contributed by atoms with Crippen molar-refractivity contribution in [2.45, 2.75) is 24.9 Å². The minimum absolute atomic E-state index is 0.139. The number of esters is 2. The van der Waals surface area contributed by atoms with Crippen molar-refractivity contribution in [3.63, 3.8) is 0 Å². The zero-order chi connectivity index (χ0) is 21.4. The molecule has 3 heterocycles. The van der Waals surface area contributed by atoms with Crippen LogP contribution in [0.15, 0.2) is 24.4 Å². The lowest BCUT2D eigenvalue weighted by Crippen LogP contribution is -2.30. The van der Waals surface area contributed by atoms with Crippen LogP contribution in [0, 0.1) is 0 Å². The number of rotatable bonds is 3. The van der Waals surface area contributed by atoms with Crippen molar-refractivity contribution >= 4 is 24.2 Å². The third-order valence-electron chi connectivity index (χ3n) is 6.12. The van der Waals surface area contributed by atoms with E-state index in [4.69, 9.17) is 9.47 Å². The number of fused-ring (bicyclic) bond motifs is 2. The predicted octanol–water partition coefficient (Wildman–Crippen LogP) is 2.89. The Morgan fingerprint density at radius 3 is 2.47 bits per heavy atom. The maximum absolute atomic E-state index is 12.6. The summed E-state index contributed by atoms with van der Waals surface area (Å²) in [6.45, 7) is 1.84. The molecule has 1 aromatic carbocycles. The van der Waals surface area contributed by atoms with E-state index in [9.17, 15) is 14.7 Å². The van der Waals surface area contributed by atoms with Gasteiger partial charge in [0.25, 0.3) is 0 Å². The van der Waals surface area contributed by atoms with Gasteiger partial charge in [0.2, 0.25) is 0 Å². The molecule has 1 N–H and O–H groups in total. The molecule has 2 aromatic rings. The molecule has 1 aromatic heterocycles. The molecule has 4 rings (SSSR count). The summed E-state index contributed by atoms with van der Waals surface area (Å²) in [7, 11) is 4.78. The largest absolute Gasteiger partial charge is 0.465 e. The molecule has 7 nitrogen and oxygen atoms in total. The quantitative estimate of drug-likeness (QED) is 0.784. The molecule has 0 spiro atoms. The Morgan fingerprint density at radius 2 is 1.80 bits per heavy atom. The number of carbonyl (C=O) groups is 2. The molecule has 30 heavy (non-hydrogen) atoms. The van der Waals surface area contributed by atoms with E-state index in [1.54, 1.807) is 24.4 Å². The predicted molar refractivity (Wildman–Crippen MR) is 112 cm³/mol. The van der Waals surface area contributed by atoms with Crippen LogP contribution in [0.25, 0.3) is 12.3 Å². The van der Waals surface area contributed by atoms with Crippen LogP contribution in [-0.4, -0.2) is 60.9 Å². The molecule has 158 valence electrons. The maximum atomic E-state index is 12.6. The van der Waals surface area contributed by atoms with Crippen molar-refractivity contribution in [1.29, 1.82) is 0 Å². The van der Waals surface area contributed by atoms with Crippen molar-refractivity contribution in [3.8, 4) is 0 Å². The number of aromatic nitrogens is 1. The van der Waals surface area contributed by atoms with Crippen molar-refractivity contribution in [1.82, 2.24) is 9.47 Å². The van der Waals surface area contributed by atoms with Gasteiger partial charge in [0.05, 0.1) is 31.0 Å². The van der Waals surface area contributed by atoms with Gasteiger partial charge in [0.15, 0.2) is 0 Å². The molecule has 1 fully saturated rings. The number of piperidine rings is 1. The zero-order valence-corrected chi connectivity index (χ0v) is 17.4. The van der Waals surface area contributed by atoms with E-state index < -0.39 is 18.0 Å². The molecule has 0 radical (unpaired) electrons. The summed E-state index contributed by atoms with van der Waals surface area (Å²) >= 11 is 0. The van der Waals surface area contributed by atoms with Crippen molar-refractivity contribution in [2.24, 2.45) is 0 Å². The summed E-state index contributed by atoms with van der Waals surface area (Å²) in [5, 5.41) is 11.4. The highest BCUT2D eigenvalue weighted by atomic mass is 16.5. The lowest BCUT2D eigenvalue weighted by atomic mass is 9.84. The van der Waals surface area contributed by atoms with Crippen LogP contribution in [0.5, 0.6) is 0 Å². The summed E-state index contributed by atoms with van der Waals surface area (Å²) in [4.78, 5) is 26.8. The monoisotopic (exact) mass is 410 g/mol. The fourth-order valence-electron chi connectivity index (χ4n) is 4.48. The molecule has 2 aliphatic heterocycles. The summed E-state index contributed by atoms with van der Waals surface area (Å²) < 4.78 is 11.7. The van der Waals surface area contributed by atoms with Crippen LogP contribution in [0.4, 0.5) is 0 Å². The van der Waals surface area contributed by atoms with Crippen molar-refractivity contribution in [2.75, 3.05) is 34.4 Å². The van der Waals surface area contributed by atoms with Gasteiger partial charge in [-0.15, -0.1) is 0 Å². The summed E-state index contributed by atoms with van der Waals surface area (Å²) in [5.41, 5.74) is 3.77. The number of carbonyl (C=O) groups excluding carboxylic acids is 2. The van der Waals surface area contributed by atoms with Crippen LogP contribution in [-0.2, 0) is 9.47 Å². The van der Waals surface area contributed by atoms with Crippen LogP contribution >= 0.6 is 0 Å². The molecule has 1 atom stereocenters. The topological polar surface area (TPSA) is 81.0 Å². The third kappa shape index (κ3) is 3.44. The Hall–Kier alpha value is -2.90. The number of hydrogen-bond acceptors (Lipinski definition) is 6. The van der Waals surface area contributed by atoms with Crippen molar-refractivity contribution in [3.05, 3.63) is 57.9 Å². The number of hydrogen-bond donors (Lipinski definition) is 1. The Labute approximate surface area is 175 Å². The molecule has 0 amide bonds. The first-order valence-electron chi connectivity index (χ1n) is 10.0. The normalized spacial score (nSPS) is 19.0. The van der Waals surface area contributed by atoms with E-state index in [1.165, 1.54) is 14.2 Å². The lowest BCUT2D eigenvalue weighted by Gasteiger charge is -2.30. The van der Waals surface area contributed by atoms with E-state index in [2.05, 4.69) is 11.9 Å². The molecule has 1 saturated heterocycles. The van der Waals surface area contributed by atoms with Gasteiger partial charge < -0.3 is 24.0 Å². The standard InChI is InChI=1S/C23H26N2O5/c1-24-9-6-15(7-10-24)19-18(23(28)30-3)13-25-11-8-14-4-5-16(22(27)29-2)12-17(14)21(26)20(19)25/h4-5,8,11-13,15,21,26H,6-7,9-10H2,1-3H3. The molecule has 7 heteroatoms. The van der Waals surface area contributed by atoms with Gasteiger partial charge in [0.1, 0.15) is 6.10 Å². The van der Waals surface area contributed by atoms with E-state index >= 15 is 0 Å². The Kier molecular flexibility index (Phi) is 5.49. The number of benzene rings is 1. The Bertz CT molecular complexity index is 1010. The number of aliphatic hydroxyl groups is 1. The average Bonchev–Trinajstić information content (AvgIpc) is 3.09. The summed E-state index contributed by atoms with van der Waals surface area (Å²) in [6.07, 6.45) is 6.24. The molecular formula is C23H26N2O5. The third-order valence-corrected chi connectivity index (χ3v) is 6.12. The van der Waals surface area contributed by atoms with Gasteiger partial charge in [-0.25, -0.2) is 9.59 Å². The van der Waals surface area contributed by atoms with Crippen LogP contribution in [0.2, 0.25) is 0 Å². The van der Waals surface area contributed by atoms with Crippen LogP contribution in [0.3, 0.4) is 0 Å². The SMILES string of the molecule is COC(=O)c1ccc2c(c1)C(O)c1c(C3CCN(C)CC3)c(C(=O)OC)cn1C=C2. The number of nitrogens with zero attached hydrogens (tertiary/aromatic N) is 2. The van der Waals surface area contributed by atoms with E-state index in [0.717, 1.165) is 37.1 Å². The van der Waals surface area contributed by atoms with E-state index in [-0.39, 0.29) is 5.92 Å². The molecule has 1 unspecified atom stereocenters. The Morgan fingerprint density at radius 1 is 1.10 bits per heavy atom. The van der Waals surface area contributed by atoms with Gasteiger partial charge in [0, 0.05) is 12.4 Å². The number of methoxy groups -OCH3 is 2. The highest BCUT2D eigenvalue weighted by Crippen LogP contribution is 2.41. The first-order valence-corrected chi connectivity index (χ1v) is 10.0. The fourth-order valence-corrected chi connectivity index (χ4v) is 4.48. The highest BCUT2D eigenvalue weighted by Gasteiger charge is 2.34. The van der Waals surface area contributed by atoms with E-state index in [1.807, 2.05) is 16.8 Å². The maximum Gasteiger partial charge on any atom is 0.339 e. The highest BCUT2D eigenvalue weighted by molar-refractivity contribution is 5.93. The average molecular weight is 410 g/mol. The smallest absolute Gasteiger partial charge is 0.339 e. The lowest BCUT2D eigenvalue weighted by molar-refractivity contribution is 0.0590. The van der Waals surface area contributed by atoms with Gasteiger partial charge in [-0.3, -0.25) is 0 Å². The Balaban J connectivity index is 1.86. The van der Waals surface area contributed by atoms with Gasteiger partial charge in [-0.1, -0.05) is 6.07 Å². The van der Waals surface area contributed by atoms with Gasteiger partial charge >= 0.3 is 11.9 Å². The number of ether oxygens (including phenoxy) is 2. The second-order valence-electron chi connectivity index (χ2n) is 7.87. The zero-order valence-electron chi connectivity index (χ0n) is 17.4. The second kappa shape index (κ2) is 8.08. The fraction of sp³-hybridized carbons (Fsp3) is 0.391. The van der Waals surface area contributed by atoms with Crippen LogP contribution < -0.4 is 0 Å². The summed E-state index contributed by atoms with van der Waals surface area (Å²) in [6, 6.07) is 5.14. The number of likely N-dealkylation sites (tertiary alicyclic amines) is 1. The first-order chi connectivity index (χ1) is 14.4. The molecule has 0 saturated carbocycles. The number of aliphatic hydroxyl groups excluding tert-OH is 1. The molecule has 0 aliphatic carbocycles.